The average molecular weight is 373 g/mol. The van der Waals surface area contributed by atoms with Crippen LogP contribution in [0.15, 0.2) is 22.7 Å². The predicted octanol–water partition coefficient (Wildman–Crippen LogP) is 3.50. The predicted molar refractivity (Wildman–Crippen MR) is 91.0 cm³/mol. The summed E-state index contributed by atoms with van der Waals surface area (Å²) in [5.74, 6) is 0.228. The molecule has 0 fully saturated rings. The lowest BCUT2D eigenvalue weighted by Gasteiger charge is -2.26. The zero-order chi connectivity index (χ0) is 16.8. The Bertz CT molecular complexity index is 501. The minimum Gasteiger partial charge on any atom is -0.507 e. The van der Waals surface area contributed by atoms with Gasteiger partial charge in [-0.05, 0) is 61.3 Å². The van der Waals surface area contributed by atoms with Crippen molar-refractivity contribution in [3.05, 3.63) is 28.2 Å². The van der Waals surface area contributed by atoms with Gasteiger partial charge in [0.25, 0.3) is 0 Å². The van der Waals surface area contributed by atoms with E-state index in [-0.39, 0.29) is 11.8 Å². The first-order valence-electron chi connectivity index (χ1n) is 7.39. The second kappa shape index (κ2) is 8.39. The van der Waals surface area contributed by atoms with Crippen LogP contribution in [-0.2, 0) is 11.3 Å². The highest BCUT2D eigenvalue weighted by atomic mass is 79.9. The highest BCUT2D eigenvalue weighted by Gasteiger charge is 2.20. The molecule has 0 radical (unpaired) electrons. The zero-order valence-corrected chi connectivity index (χ0v) is 15.2. The van der Waals surface area contributed by atoms with Gasteiger partial charge in [0.2, 0.25) is 0 Å². The Kier molecular flexibility index (Phi) is 7.16. The fraction of sp³-hybridized carbons (Fsp3) is 0.562. The molecule has 0 unspecified atom stereocenters. The third kappa shape index (κ3) is 6.66. The second-order valence-electron chi connectivity index (χ2n) is 6.02. The van der Waals surface area contributed by atoms with Crippen LogP contribution in [-0.4, -0.2) is 41.3 Å². The Morgan fingerprint density at radius 1 is 1.41 bits per heavy atom. The number of hydrogen-bond donors (Lipinski definition) is 2. The molecule has 22 heavy (non-hydrogen) atoms. The van der Waals surface area contributed by atoms with Crippen molar-refractivity contribution in [2.45, 2.75) is 39.8 Å². The summed E-state index contributed by atoms with van der Waals surface area (Å²) < 4.78 is 6.04. The van der Waals surface area contributed by atoms with Gasteiger partial charge in [0.05, 0.1) is 4.47 Å². The van der Waals surface area contributed by atoms with Crippen LogP contribution in [0.5, 0.6) is 5.75 Å². The molecule has 0 aliphatic heterocycles. The maximum Gasteiger partial charge on any atom is 0.410 e. The third-order valence-corrected chi connectivity index (χ3v) is 3.57. The summed E-state index contributed by atoms with van der Waals surface area (Å²) >= 11 is 3.29. The van der Waals surface area contributed by atoms with Gasteiger partial charge in [-0.25, -0.2) is 4.79 Å². The van der Waals surface area contributed by atoms with Gasteiger partial charge in [0.15, 0.2) is 0 Å². The molecule has 1 rings (SSSR count). The summed E-state index contributed by atoms with van der Waals surface area (Å²) in [6.07, 6.45) is -0.288. The van der Waals surface area contributed by atoms with Crippen molar-refractivity contribution >= 4 is 22.0 Å². The largest absolute Gasteiger partial charge is 0.507 e. The van der Waals surface area contributed by atoms with Gasteiger partial charge in [0, 0.05) is 26.2 Å². The molecule has 0 aliphatic rings. The number of carbonyl (C=O) groups is 1. The maximum atomic E-state index is 12.0. The van der Waals surface area contributed by atoms with Gasteiger partial charge in [-0.2, -0.15) is 0 Å². The number of nitrogens with one attached hydrogen (secondary N) is 1. The number of ether oxygens (including phenoxy) is 1. The molecule has 0 heterocycles. The van der Waals surface area contributed by atoms with E-state index in [1.807, 2.05) is 39.8 Å². The van der Waals surface area contributed by atoms with Crippen LogP contribution in [0.4, 0.5) is 4.79 Å². The highest BCUT2D eigenvalue weighted by molar-refractivity contribution is 9.10. The molecular weight excluding hydrogens is 348 g/mol. The SMILES string of the molecule is CCN(CCNCc1ccc(O)c(Br)c1)C(=O)OC(C)(C)C. The maximum absolute atomic E-state index is 12.0. The van der Waals surface area contributed by atoms with Gasteiger partial charge >= 0.3 is 6.09 Å². The molecule has 2 N–H and O–H groups in total. The van der Waals surface area contributed by atoms with Crippen molar-refractivity contribution in [3.8, 4) is 5.75 Å². The van der Waals surface area contributed by atoms with Crippen LogP contribution in [0, 0.1) is 0 Å². The number of carbonyl (C=O) groups excluding carboxylic acids is 1. The monoisotopic (exact) mass is 372 g/mol. The van der Waals surface area contributed by atoms with E-state index in [2.05, 4.69) is 21.2 Å². The van der Waals surface area contributed by atoms with E-state index >= 15 is 0 Å². The van der Waals surface area contributed by atoms with E-state index in [0.717, 1.165) is 5.56 Å². The fourth-order valence-electron chi connectivity index (χ4n) is 1.81. The average Bonchev–Trinajstić information content (AvgIpc) is 2.40. The first kappa shape index (κ1) is 18.8. The number of halogens is 1. The smallest absolute Gasteiger partial charge is 0.410 e. The van der Waals surface area contributed by atoms with E-state index in [9.17, 15) is 9.90 Å². The quantitative estimate of drug-likeness (QED) is 0.750. The van der Waals surface area contributed by atoms with E-state index in [1.165, 1.54) is 0 Å². The van der Waals surface area contributed by atoms with Crippen LogP contribution < -0.4 is 5.32 Å². The molecule has 0 saturated heterocycles. The minimum absolute atomic E-state index is 0.228. The number of likely N-dealkylation sites (N-methyl/N-ethyl adjacent to an activating group) is 1. The Balaban J connectivity index is 2.38. The van der Waals surface area contributed by atoms with Gasteiger partial charge in [-0.1, -0.05) is 6.07 Å². The summed E-state index contributed by atoms with van der Waals surface area (Å²) in [6.45, 7) is 10.1. The molecule has 0 saturated carbocycles. The molecule has 0 aliphatic carbocycles. The highest BCUT2D eigenvalue weighted by Crippen LogP contribution is 2.24. The first-order chi connectivity index (χ1) is 10.2. The molecule has 124 valence electrons. The zero-order valence-electron chi connectivity index (χ0n) is 13.6. The molecule has 1 amide bonds. The Labute approximate surface area is 140 Å². The molecule has 0 aromatic heterocycles. The molecule has 0 atom stereocenters. The van der Waals surface area contributed by atoms with E-state index in [4.69, 9.17) is 4.74 Å². The minimum atomic E-state index is -0.476. The Hall–Kier alpha value is -1.27. The Morgan fingerprint density at radius 3 is 2.64 bits per heavy atom. The lowest BCUT2D eigenvalue weighted by molar-refractivity contribution is 0.0262. The molecule has 0 spiro atoms. The first-order valence-corrected chi connectivity index (χ1v) is 8.18. The normalized spacial score (nSPS) is 11.3. The molecule has 0 bridgehead atoms. The van der Waals surface area contributed by atoms with Crippen LogP contribution in [0.3, 0.4) is 0 Å². The van der Waals surface area contributed by atoms with Crippen molar-refractivity contribution in [2.75, 3.05) is 19.6 Å². The number of aromatic hydroxyl groups is 1. The number of nitrogens with zero attached hydrogens (tertiary/aromatic N) is 1. The summed E-state index contributed by atoms with van der Waals surface area (Å²) in [5, 5.41) is 12.7. The van der Waals surface area contributed by atoms with Crippen LogP contribution in [0.2, 0.25) is 0 Å². The lowest BCUT2D eigenvalue weighted by atomic mass is 10.2. The number of benzene rings is 1. The summed E-state index contributed by atoms with van der Waals surface area (Å²) in [4.78, 5) is 13.6. The number of phenols is 1. The van der Waals surface area contributed by atoms with Gasteiger partial charge in [-0.3, -0.25) is 0 Å². The van der Waals surface area contributed by atoms with Crippen molar-refractivity contribution in [1.29, 1.82) is 0 Å². The molecular formula is C16H25BrN2O3. The van der Waals surface area contributed by atoms with E-state index < -0.39 is 5.60 Å². The van der Waals surface area contributed by atoms with Gasteiger partial charge < -0.3 is 20.1 Å². The standard InChI is InChI=1S/C16H25BrN2O3/c1-5-19(15(21)22-16(2,3)4)9-8-18-11-12-6-7-14(20)13(17)10-12/h6-7,10,18,20H,5,8-9,11H2,1-4H3. The van der Waals surface area contributed by atoms with E-state index in [1.54, 1.807) is 11.0 Å². The Morgan fingerprint density at radius 2 is 2.09 bits per heavy atom. The lowest BCUT2D eigenvalue weighted by Crippen LogP contribution is -2.40. The molecule has 6 heteroatoms. The van der Waals surface area contributed by atoms with Crippen LogP contribution >= 0.6 is 15.9 Å². The van der Waals surface area contributed by atoms with Crippen molar-refractivity contribution < 1.29 is 14.6 Å². The summed E-state index contributed by atoms with van der Waals surface area (Å²) in [6, 6.07) is 5.38. The van der Waals surface area contributed by atoms with Crippen LogP contribution in [0.1, 0.15) is 33.3 Å². The van der Waals surface area contributed by atoms with Crippen molar-refractivity contribution in [1.82, 2.24) is 10.2 Å². The topological polar surface area (TPSA) is 61.8 Å². The fourth-order valence-corrected chi connectivity index (χ4v) is 2.24. The second-order valence-corrected chi connectivity index (χ2v) is 6.88. The van der Waals surface area contributed by atoms with Gasteiger partial charge in [-0.15, -0.1) is 0 Å². The number of phenolic OH excluding ortho intramolecular Hbond substituents is 1. The number of amides is 1. The summed E-state index contributed by atoms with van der Waals surface area (Å²) in [7, 11) is 0. The summed E-state index contributed by atoms with van der Waals surface area (Å²) in [5.41, 5.74) is 0.584. The van der Waals surface area contributed by atoms with Crippen molar-refractivity contribution in [3.63, 3.8) is 0 Å². The third-order valence-electron chi connectivity index (χ3n) is 2.93. The van der Waals surface area contributed by atoms with Crippen LogP contribution in [0.25, 0.3) is 0 Å². The number of rotatable bonds is 6. The van der Waals surface area contributed by atoms with Gasteiger partial charge in [0.1, 0.15) is 11.4 Å². The molecule has 1 aromatic rings. The van der Waals surface area contributed by atoms with E-state index in [0.29, 0.717) is 30.7 Å². The molecule has 5 nitrogen and oxygen atoms in total. The molecule has 1 aromatic carbocycles. The van der Waals surface area contributed by atoms with Crippen molar-refractivity contribution in [2.24, 2.45) is 0 Å². The number of hydrogen-bond acceptors (Lipinski definition) is 4.